The summed E-state index contributed by atoms with van der Waals surface area (Å²) in [7, 11) is 0. The summed E-state index contributed by atoms with van der Waals surface area (Å²) in [6.45, 7) is 0. The van der Waals surface area contributed by atoms with Crippen LogP contribution in [0.15, 0.2) is 12.3 Å². The minimum absolute atomic E-state index is 0.723. The highest BCUT2D eigenvalue weighted by atomic mass is 127. The van der Waals surface area contributed by atoms with Crippen LogP contribution in [0, 0.1) is 0 Å². The van der Waals surface area contributed by atoms with E-state index in [4.69, 9.17) is 0 Å². The van der Waals surface area contributed by atoms with Gasteiger partial charge < -0.3 is 3.53 Å². The zero-order chi connectivity index (χ0) is 5.82. The summed E-state index contributed by atoms with van der Waals surface area (Å²) in [6.07, 6.45) is 1.58. The molecule has 1 aromatic rings. The van der Waals surface area contributed by atoms with Gasteiger partial charge >= 0.3 is 0 Å². The highest BCUT2D eigenvalue weighted by Gasteiger charge is 1.83. The van der Waals surface area contributed by atoms with Gasteiger partial charge in [0.05, 0.1) is 29.1 Å². The Morgan fingerprint density at radius 1 is 1.62 bits per heavy atom. The van der Waals surface area contributed by atoms with Crippen molar-refractivity contribution in [3.05, 3.63) is 12.3 Å². The van der Waals surface area contributed by atoms with Gasteiger partial charge in [-0.3, -0.25) is 0 Å². The van der Waals surface area contributed by atoms with Crippen molar-refractivity contribution in [1.82, 2.24) is 15.4 Å². The van der Waals surface area contributed by atoms with Crippen LogP contribution in [0.25, 0.3) is 0 Å². The van der Waals surface area contributed by atoms with E-state index in [1.165, 1.54) is 0 Å². The second-order valence-electron chi connectivity index (χ2n) is 1.10. The van der Waals surface area contributed by atoms with Gasteiger partial charge in [0.1, 0.15) is 0 Å². The molecule has 0 aliphatic carbocycles. The molecular weight excluding hydrogens is 219 g/mol. The second kappa shape index (κ2) is 2.75. The lowest BCUT2D eigenvalue weighted by atomic mass is 10.6. The summed E-state index contributed by atoms with van der Waals surface area (Å²) < 4.78 is 2.78. The zero-order valence-corrected chi connectivity index (χ0v) is 6.03. The molecule has 1 aromatic heterocycles. The fourth-order valence-corrected chi connectivity index (χ4v) is 0.579. The first kappa shape index (κ1) is 5.67. The number of anilines is 1. The maximum absolute atomic E-state index is 3.62. The van der Waals surface area contributed by atoms with Crippen LogP contribution in [0.4, 0.5) is 5.82 Å². The smallest absolute Gasteiger partial charge is 0.160 e. The van der Waals surface area contributed by atoms with E-state index in [2.05, 4.69) is 18.9 Å². The standard InChI is InChI=1S/C3H3IN4/c4-6-3-1-2-5-8-7-3/h1-2H,(H,5,6,7). The molecule has 1 rings (SSSR count). The summed E-state index contributed by atoms with van der Waals surface area (Å²) in [6, 6.07) is 1.74. The first-order chi connectivity index (χ1) is 3.93. The molecule has 0 aliphatic heterocycles. The highest BCUT2D eigenvalue weighted by molar-refractivity contribution is 14.1. The summed E-state index contributed by atoms with van der Waals surface area (Å²) in [5.74, 6) is 0.723. The monoisotopic (exact) mass is 222 g/mol. The lowest BCUT2D eigenvalue weighted by Crippen LogP contribution is -1.88. The summed E-state index contributed by atoms with van der Waals surface area (Å²) >= 11 is 1.97. The molecule has 42 valence electrons. The number of aromatic nitrogens is 3. The Balaban J connectivity index is 2.83. The van der Waals surface area contributed by atoms with Crippen molar-refractivity contribution in [3.8, 4) is 0 Å². The molecule has 0 saturated heterocycles. The third kappa shape index (κ3) is 1.25. The van der Waals surface area contributed by atoms with Gasteiger partial charge in [0.2, 0.25) is 0 Å². The minimum atomic E-state index is 0.723. The van der Waals surface area contributed by atoms with E-state index in [0.29, 0.717) is 0 Å². The van der Waals surface area contributed by atoms with E-state index in [9.17, 15) is 0 Å². The Morgan fingerprint density at radius 2 is 2.50 bits per heavy atom. The Morgan fingerprint density at radius 3 is 2.88 bits per heavy atom. The Bertz CT molecular complexity index is 153. The lowest BCUT2D eigenvalue weighted by Gasteiger charge is -1.88. The maximum atomic E-state index is 3.62. The Hall–Kier alpha value is -0.460. The first-order valence-electron chi connectivity index (χ1n) is 1.94. The summed E-state index contributed by atoms with van der Waals surface area (Å²) in [5, 5.41) is 10.5. The number of hydrogen-bond donors (Lipinski definition) is 1. The first-order valence-corrected chi connectivity index (χ1v) is 3.02. The number of hydrogen-bond acceptors (Lipinski definition) is 4. The van der Waals surface area contributed by atoms with Gasteiger partial charge in [-0.1, -0.05) is 0 Å². The van der Waals surface area contributed by atoms with Crippen LogP contribution in [0.3, 0.4) is 0 Å². The highest BCUT2D eigenvalue weighted by Crippen LogP contribution is 1.97. The SMILES string of the molecule is INc1ccnnn1. The summed E-state index contributed by atoms with van der Waals surface area (Å²) in [4.78, 5) is 0. The van der Waals surface area contributed by atoms with Crippen LogP contribution in [0.2, 0.25) is 0 Å². The van der Waals surface area contributed by atoms with Crippen molar-refractivity contribution in [3.63, 3.8) is 0 Å². The van der Waals surface area contributed by atoms with Gasteiger partial charge in [-0.2, -0.15) is 0 Å². The molecule has 0 spiro atoms. The van der Waals surface area contributed by atoms with Gasteiger partial charge in [-0.25, -0.2) is 0 Å². The van der Waals surface area contributed by atoms with Gasteiger partial charge in [0, 0.05) is 6.07 Å². The average molecular weight is 222 g/mol. The van der Waals surface area contributed by atoms with Crippen molar-refractivity contribution in [2.75, 3.05) is 3.53 Å². The molecule has 1 heterocycles. The van der Waals surface area contributed by atoms with E-state index in [-0.39, 0.29) is 0 Å². The minimum Gasteiger partial charge on any atom is -0.311 e. The third-order valence-electron chi connectivity index (χ3n) is 0.600. The van der Waals surface area contributed by atoms with Crippen LogP contribution >= 0.6 is 22.9 Å². The molecule has 0 bridgehead atoms. The van der Waals surface area contributed by atoms with Crippen molar-refractivity contribution in [1.29, 1.82) is 0 Å². The fraction of sp³-hybridized carbons (Fsp3) is 0. The fourth-order valence-electron chi connectivity index (χ4n) is 0.291. The zero-order valence-electron chi connectivity index (χ0n) is 3.87. The van der Waals surface area contributed by atoms with Crippen LogP contribution in [-0.4, -0.2) is 15.4 Å². The predicted octanol–water partition coefficient (Wildman–Crippen LogP) is 0.633. The molecule has 5 heteroatoms. The molecule has 0 aromatic carbocycles. The maximum Gasteiger partial charge on any atom is 0.160 e. The number of halogens is 1. The molecule has 1 N–H and O–H groups in total. The van der Waals surface area contributed by atoms with Crippen LogP contribution < -0.4 is 3.53 Å². The van der Waals surface area contributed by atoms with E-state index in [1.54, 1.807) is 12.3 Å². The molecule has 0 fully saturated rings. The average Bonchev–Trinajstić information content (AvgIpc) is 1.90. The van der Waals surface area contributed by atoms with Crippen LogP contribution in [0.5, 0.6) is 0 Å². The molecular formula is C3H3IN4. The van der Waals surface area contributed by atoms with E-state index < -0.39 is 0 Å². The molecule has 8 heavy (non-hydrogen) atoms. The van der Waals surface area contributed by atoms with Crippen molar-refractivity contribution < 1.29 is 0 Å². The Kier molecular flexibility index (Phi) is 1.95. The van der Waals surface area contributed by atoms with Crippen molar-refractivity contribution in [2.24, 2.45) is 0 Å². The Labute approximate surface area is 60.2 Å². The molecule has 0 radical (unpaired) electrons. The van der Waals surface area contributed by atoms with Crippen LogP contribution in [0.1, 0.15) is 0 Å². The molecule has 0 amide bonds. The van der Waals surface area contributed by atoms with E-state index in [0.717, 1.165) is 5.82 Å². The van der Waals surface area contributed by atoms with Gasteiger partial charge in [-0.05, 0) is 5.21 Å². The topological polar surface area (TPSA) is 50.7 Å². The normalized spacial score (nSPS) is 8.62. The summed E-state index contributed by atoms with van der Waals surface area (Å²) in [5.41, 5.74) is 0. The largest absolute Gasteiger partial charge is 0.311 e. The van der Waals surface area contributed by atoms with E-state index >= 15 is 0 Å². The number of nitrogens with zero attached hydrogens (tertiary/aromatic N) is 3. The third-order valence-corrected chi connectivity index (χ3v) is 1.15. The van der Waals surface area contributed by atoms with Gasteiger partial charge in [0.15, 0.2) is 5.82 Å². The quantitative estimate of drug-likeness (QED) is 0.559. The van der Waals surface area contributed by atoms with Gasteiger partial charge in [-0.15, -0.1) is 10.2 Å². The molecule has 4 nitrogen and oxygen atoms in total. The molecule has 0 saturated carbocycles. The van der Waals surface area contributed by atoms with Crippen molar-refractivity contribution >= 4 is 28.7 Å². The van der Waals surface area contributed by atoms with Crippen molar-refractivity contribution in [2.45, 2.75) is 0 Å². The predicted molar refractivity (Wildman–Crippen MR) is 37.5 cm³/mol. The molecule has 0 aliphatic rings. The lowest BCUT2D eigenvalue weighted by molar-refractivity contribution is 0.874. The van der Waals surface area contributed by atoms with Crippen LogP contribution in [-0.2, 0) is 0 Å². The number of rotatable bonds is 1. The molecule has 0 atom stereocenters. The van der Waals surface area contributed by atoms with Gasteiger partial charge in [0.25, 0.3) is 0 Å². The molecule has 0 unspecified atom stereocenters. The number of nitrogens with one attached hydrogen (secondary N) is 1. The van der Waals surface area contributed by atoms with E-state index in [1.807, 2.05) is 22.9 Å². The second-order valence-corrected chi connectivity index (χ2v) is 1.64.